The van der Waals surface area contributed by atoms with Crippen LogP contribution < -0.4 is 10.6 Å². The molecular formula is C12H17ClN2O2S. The summed E-state index contributed by atoms with van der Waals surface area (Å²) in [7, 11) is -3.10. The highest BCUT2D eigenvalue weighted by Gasteiger charge is 2.32. The third-order valence-corrected chi connectivity index (χ3v) is 4.74. The zero-order chi connectivity index (χ0) is 13.2. The lowest BCUT2D eigenvalue weighted by Gasteiger charge is -2.32. The molecule has 0 amide bonds. The first-order chi connectivity index (χ1) is 8.47. The standard InChI is InChI=1S/C12H17ClN2O2S/c1-18(16,17)12-11(14-6-7-15-12)8-9-2-4-10(13)5-3-9/h2-5,11-12,14-15H,6-8H2,1H3/t11?,12-/m0/s1. The second-order valence-electron chi connectivity index (χ2n) is 4.60. The number of hydrogen-bond acceptors (Lipinski definition) is 4. The third kappa shape index (κ3) is 3.45. The quantitative estimate of drug-likeness (QED) is 0.864. The molecule has 100 valence electrons. The highest BCUT2D eigenvalue weighted by Crippen LogP contribution is 2.15. The SMILES string of the molecule is CS(=O)(=O)[C@@H]1NCCNC1Cc1ccc(Cl)cc1. The average Bonchev–Trinajstić information content (AvgIpc) is 2.31. The van der Waals surface area contributed by atoms with Crippen LogP contribution in [0.15, 0.2) is 24.3 Å². The first-order valence-electron chi connectivity index (χ1n) is 5.87. The van der Waals surface area contributed by atoms with E-state index in [-0.39, 0.29) is 6.04 Å². The van der Waals surface area contributed by atoms with E-state index >= 15 is 0 Å². The van der Waals surface area contributed by atoms with E-state index in [0.29, 0.717) is 18.0 Å². The molecule has 1 unspecified atom stereocenters. The van der Waals surface area contributed by atoms with Crippen molar-refractivity contribution in [2.24, 2.45) is 0 Å². The number of halogens is 1. The van der Waals surface area contributed by atoms with E-state index < -0.39 is 15.2 Å². The molecule has 2 rings (SSSR count). The monoisotopic (exact) mass is 288 g/mol. The summed E-state index contributed by atoms with van der Waals surface area (Å²) in [6, 6.07) is 7.40. The minimum Gasteiger partial charge on any atom is -0.310 e. The van der Waals surface area contributed by atoms with Gasteiger partial charge in [0.25, 0.3) is 0 Å². The smallest absolute Gasteiger partial charge is 0.164 e. The van der Waals surface area contributed by atoms with Crippen molar-refractivity contribution in [3.05, 3.63) is 34.9 Å². The Hall–Kier alpha value is -0.620. The van der Waals surface area contributed by atoms with Gasteiger partial charge in [-0.3, -0.25) is 5.32 Å². The van der Waals surface area contributed by atoms with Gasteiger partial charge in [0.2, 0.25) is 0 Å². The zero-order valence-corrected chi connectivity index (χ0v) is 11.8. The third-order valence-electron chi connectivity index (χ3n) is 3.07. The average molecular weight is 289 g/mol. The first-order valence-corrected chi connectivity index (χ1v) is 8.20. The van der Waals surface area contributed by atoms with Crippen LogP contribution in [0.1, 0.15) is 5.56 Å². The van der Waals surface area contributed by atoms with Crippen LogP contribution in [0, 0.1) is 0 Å². The van der Waals surface area contributed by atoms with Crippen molar-refractivity contribution in [3.8, 4) is 0 Å². The summed E-state index contributed by atoms with van der Waals surface area (Å²) in [6.07, 6.45) is 1.94. The Morgan fingerprint density at radius 2 is 1.83 bits per heavy atom. The fraction of sp³-hybridized carbons (Fsp3) is 0.500. The predicted molar refractivity (Wildman–Crippen MR) is 73.6 cm³/mol. The van der Waals surface area contributed by atoms with Gasteiger partial charge in [0.1, 0.15) is 5.37 Å². The van der Waals surface area contributed by atoms with Crippen LogP contribution in [0.2, 0.25) is 5.02 Å². The molecule has 4 nitrogen and oxygen atoms in total. The van der Waals surface area contributed by atoms with Gasteiger partial charge in [-0.15, -0.1) is 0 Å². The van der Waals surface area contributed by atoms with Crippen molar-refractivity contribution < 1.29 is 8.42 Å². The molecule has 1 fully saturated rings. The number of piperazine rings is 1. The lowest BCUT2D eigenvalue weighted by molar-refractivity contribution is 0.377. The molecule has 6 heteroatoms. The van der Waals surface area contributed by atoms with Crippen molar-refractivity contribution in [3.63, 3.8) is 0 Å². The molecule has 1 heterocycles. The fourth-order valence-corrected chi connectivity index (χ4v) is 3.56. The Morgan fingerprint density at radius 1 is 1.22 bits per heavy atom. The van der Waals surface area contributed by atoms with E-state index in [1.54, 1.807) is 0 Å². The van der Waals surface area contributed by atoms with E-state index in [9.17, 15) is 8.42 Å². The Kier molecular flexibility index (Phi) is 4.27. The summed E-state index contributed by atoms with van der Waals surface area (Å²) < 4.78 is 23.4. The molecular weight excluding hydrogens is 272 g/mol. The van der Waals surface area contributed by atoms with Gasteiger partial charge in [-0.25, -0.2) is 8.42 Å². The van der Waals surface area contributed by atoms with Crippen LogP contribution in [0.3, 0.4) is 0 Å². The Balaban J connectivity index is 2.13. The van der Waals surface area contributed by atoms with Gasteiger partial charge in [-0.2, -0.15) is 0 Å². The molecule has 2 atom stereocenters. The number of rotatable bonds is 3. The Bertz CT molecular complexity index is 501. The van der Waals surface area contributed by atoms with Gasteiger partial charge >= 0.3 is 0 Å². The lowest BCUT2D eigenvalue weighted by atomic mass is 10.0. The van der Waals surface area contributed by atoms with Crippen molar-refractivity contribution in [2.75, 3.05) is 19.3 Å². The summed E-state index contributed by atoms with van der Waals surface area (Å²) in [5, 5.41) is 6.49. The summed E-state index contributed by atoms with van der Waals surface area (Å²) >= 11 is 5.83. The van der Waals surface area contributed by atoms with Crippen LogP contribution in [-0.4, -0.2) is 39.2 Å². The summed E-state index contributed by atoms with van der Waals surface area (Å²) in [6.45, 7) is 1.46. The number of benzene rings is 1. The lowest BCUT2D eigenvalue weighted by Crippen LogP contribution is -2.59. The van der Waals surface area contributed by atoms with Gasteiger partial charge < -0.3 is 5.32 Å². The van der Waals surface area contributed by atoms with Crippen LogP contribution >= 0.6 is 11.6 Å². The molecule has 1 aromatic carbocycles. The largest absolute Gasteiger partial charge is 0.310 e. The molecule has 1 aromatic rings. The summed E-state index contributed by atoms with van der Waals surface area (Å²) in [4.78, 5) is 0. The van der Waals surface area contributed by atoms with E-state index in [2.05, 4.69) is 10.6 Å². The zero-order valence-electron chi connectivity index (χ0n) is 10.2. The maximum absolute atomic E-state index is 11.7. The molecule has 0 bridgehead atoms. The van der Waals surface area contributed by atoms with Crippen molar-refractivity contribution >= 4 is 21.4 Å². The molecule has 1 aliphatic heterocycles. The highest BCUT2D eigenvalue weighted by atomic mass is 35.5. The Morgan fingerprint density at radius 3 is 2.44 bits per heavy atom. The Labute approximate surface area is 113 Å². The van der Waals surface area contributed by atoms with E-state index in [0.717, 1.165) is 12.1 Å². The molecule has 0 saturated carbocycles. The van der Waals surface area contributed by atoms with Gasteiger partial charge in [0, 0.05) is 30.4 Å². The van der Waals surface area contributed by atoms with Gasteiger partial charge in [-0.05, 0) is 24.1 Å². The minimum absolute atomic E-state index is 0.102. The van der Waals surface area contributed by atoms with Crippen LogP contribution in [-0.2, 0) is 16.3 Å². The predicted octanol–water partition coefficient (Wildman–Crippen LogP) is 0.815. The molecule has 0 aromatic heterocycles. The van der Waals surface area contributed by atoms with Gasteiger partial charge in [0.15, 0.2) is 9.84 Å². The molecule has 2 N–H and O–H groups in total. The topological polar surface area (TPSA) is 58.2 Å². The fourth-order valence-electron chi connectivity index (χ4n) is 2.22. The van der Waals surface area contributed by atoms with Gasteiger partial charge in [0.05, 0.1) is 0 Å². The van der Waals surface area contributed by atoms with Crippen LogP contribution in [0.25, 0.3) is 0 Å². The molecule has 1 aliphatic rings. The van der Waals surface area contributed by atoms with E-state index in [1.807, 2.05) is 24.3 Å². The normalized spacial score (nSPS) is 25.0. The van der Waals surface area contributed by atoms with E-state index in [4.69, 9.17) is 11.6 Å². The number of hydrogen-bond donors (Lipinski definition) is 2. The molecule has 0 spiro atoms. The molecule has 0 radical (unpaired) electrons. The van der Waals surface area contributed by atoms with E-state index in [1.165, 1.54) is 6.26 Å². The molecule has 18 heavy (non-hydrogen) atoms. The number of nitrogens with one attached hydrogen (secondary N) is 2. The maximum atomic E-state index is 11.7. The van der Waals surface area contributed by atoms with Crippen LogP contribution in [0.5, 0.6) is 0 Å². The van der Waals surface area contributed by atoms with Crippen molar-refractivity contribution in [2.45, 2.75) is 17.8 Å². The summed E-state index contributed by atoms with van der Waals surface area (Å²) in [5.74, 6) is 0. The second kappa shape index (κ2) is 5.57. The molecule has 0 aliphatic carbocycles. The second-order valence-corrected chi connectivity index (χ2v) is 7.20. The van der Waals surface area contributed by atoms with Crippen LogP contribution in [0.4, 0.5) is 0 Å². The number of sulfone groups is 1. The molecule has 1 saturated heterocycles. The minimum atomic E-state index is -3.10. The summed E-state index contributed by atoms with van der Waals surface area (Å²) in [5.41, 5.74) is 1.08. The first kappa shape index (κ1) is 13.8. The maximum Gasteiger partial charge on any atom is 0.164 e. The highest BCUT2D eigenvalue weighted by molar-refractivity contribution is 7.91. The van der Waals surface area contributed by atoms with Gasteiger partial charge in [-0.1, -0.05) is 23.7 Å². The van der Waals surface area contributed by atoms with Crippen molar-refractivity contribution in [1.29, 1.82) is 0 Å². The van der Waals surface area contributed by atoms with Crippen molar-refractivity contribution in [1.82, 2.24) is 10.6 Å².